The largest absolute Gasteiger partial charge is 0.392 e. The number of halogens is 1. The van der Waals surface area contributed by atoms with E-state index in [9.17, 15) is 0 Å². The first-order valence-corrected chi connectivity index (χ1v) is 5.51. The third-order valence-electron chi connectivity index (χ3n) is 2.10. The minimum absolute atomic E-state index is 0.0440. The van der Waals surface area contributed by atoms with Crippen LogP contribution in [-0.4, -0.2) is 5.11 Å². The minimum atomic E-state index is 0.0440. The second kappa shape index (κ2) is 4.13. The van der Waals surface area contributed by atoms with Gasteiger partial charge >= 0.3 is 0 Å². The van der Waals surface area contributed by atoms with Gasteiger partial charge in [-0.2, -0.15) is 0 Å². The molecular weight excluding hydrogens is 216 g/mol. The molecule has 1 aromatic heterocycles. The van der Waals surface area contributed by atoms with Gasteiger partial charge in [0.15, 0.2) is 0 Å². The summed E-state index contributed by atoms with van der Waals surface area (Å²) in [7, 11) is 0. The van der Waals surface area contributed by atoms with Crippen molar-refractivity contribution in [1.29, 1.82) is 0 Å². The van der Waals surface area contributed by atoms with Crippen LogP contribution in [0.3, 0.4) is 0 Å². The summed E-state index contributed by atoms with van der Waals surface area (Å²) in [5.41, 5.74) is 2.93. The molecule has 1 nitrogen and oxygen atoms in total. The zero-order chi connectivity index (χ0) is 9.97. The molecule has 0 saturated carbocycles. The number of hydrogen-bond acceptors (Lipinski definition) is 2. The number of hydrogen-bond donors (Lipinski definition) is 1. The Kier molecular flexibility index (Phi) is 2.87. The Morgan fingerprint density at radius 1 is 1.14 bits per heavy atom. The maximum Gasteiger partial charge on any atom is 0.101 e. The highest BCUT2D eigenvalue weighted by Crippen LogP contribution is 2.34. The molecule has 0 fully saturated rings. The van der Waals surface area contributed by atoms with Crippen molar-refractivity contribution in [3.63, 3.8) is 0 Å². The molecule has 3 heteroatoms. The van der Waals surface area contributed by atoms with E-state index in [-0.39, 0.29) is 6.61 Å². The molecule has 72 valence electrons. The second-order valence-electron chi connectivity index (χ2n) is 2.92. The Hall–Kier alpha value is -0.830. The molecule has 0 saturated heterocycles. The lowest BCUT2D eigenvalue weighted by molar-refractivity contribution is 0.282. The van der Waals surface area contributed by atoms with Crippen molar-refractivity contribution >= 4 is 22.9 Å². The third kappa shape index (κ3) is 1.69. The van der Waals surface area contributed by atoms with Crippen LogP contribution in [0.2, 0.25) is 4.34 Å². The van der Waals surface area contributed by atoms with Gasteiger partial charge in [0.2, 0.25) is 0 Å². The molecular formula is C11H9ClOS. The summed E-state index contributed by atoms with van der Waals surface area (Å²) in [6.07, 6.45) is 0. The fraction of sp³-hybridized carbons (Fsp3) is 0.0909. The zero-order valence-corrected chi connectivity index (χ0v) is 8.98. The average Bonchev–Trinajstić information content (AvgIpc) is 2.64. The van der Waals surface area contributed by atoms with Gasteiger partial charge in [0.1, 0.15) is 4.34 Å². The van der Waals surface area contributed by atoms with Gasteiger partial charge in [0, 0.05) is 5.56 Å². The Balaban J connectivity index is 2.56. The number of thiophene rings is 1. The van der Waals surface area contributed by atoms with Crippen molar-refractivity contribution in [3.05, 3.63) is 45.6 Å². The molecule has 1 aromatic carbocycles. The van der Waals surface area contributed by atoms with Crippen LogP contribution in [0, 0.1) is 0 Å². The van der Waals surface area contributed by atoms with Crippen molar-refractivity contribution < 1.29 is 5.11 Å². The molecule has 0 unspecified atom stereocenters. The van der Waals surface area contributed by atoms with Crippen LogP contribution in [0.4, 0.5) is 0 Å². The first-order chi connectivity index (χ1) is 6.83. The van der Waals surface area contributed by atoms with Gasteiger partial charge in [-0.25, -0.2) is 0 Å². The second-order valence-corrected chi connectivity index (χ2v) is 4.44. The molecule has 1 N–H and O–H groups in total. The van der Waals surface area contributed by atoms with E-state index in [4.69, 9.17) is 16.7 Å². The van der Waals surface area contributed by atoms with Crippen LogP contribution in [0.1, 0.15) is 5.56 Å². The standard InChI is InChI=1S/C11H9ClOS/c12-11-10(5-6-14-11)9-4-2-1-3-8(9)7-13/h1-6,13H,7H2. The highest BCUT2D eigenvalue weighted by Gasteiger charge is 2.07. The van der Waals surface area contributed by atoms with E-state index in [1.165, 1.54) is 11.3 Å². The van der Waals surface area contributed by atoms with Crippen molar-refractivity contribution in [2.45, 2.75) is 6.61 Å². The summed E-state index contributed by atoms with van der Waals surface area (Å²) in [6, 6.07) is 9.71. The molecule has 0 amide bonds. The summed E-state index contributed by atoms with van der Waals surface area (Å²) >= 11 is 7.54. The van der Waals surface area contributed by atoms with E-state index in [1.54, 1.807) is 0 Å². The lowest BCUT2D eigenvalue weighted by Gasteiger charge is -2.05. The Bertz CT molecular complexity index is 436. The van der Waals surface area contributed by atoms with Crippen LogP contribution < -0.4 is 0 Å². The van der Waals surface area contributed by atoms with Gasteiger partial charge in [0.25, 0.3) is 0 Å². The van der Waals surface area contributed by atoms with Crippen molar-refractivity contribution in [2.75, 3.05) is 0 Å². The highest BCUT2D eigenvalue weighted by molar-refractivity contribution is 7.15. The molecule has 0 aliphatic heterocycles. The number of aliphatic hydroxyl groups is 1. The maximum atomic E-state index is 9.17. The van der Waals surface area contributed by atoms with Gasteiger partial charge < -0.3 is 5.11 Å². The van der Waals surface area contributed by atoms with E-state index in [1.807, 2.05) is 35.7 Å². The summed E-state index contributed by atoms with van der Waals surface area (Å²) in [4.78, 5) is 0. The van der Waals surface area contributed by atoms with E-state index in [2.05, 4.69) is 0 Å². The minimum Gasteiger partial charge on any atom is -0.392 e. The summed E-state index contributed by atoms with van der Waals surface area (Å²) < 4.78 is 0.769. The predicted octanol–water partition coefficient (Wildman–Crippen LogP) is 3.56. The molecule has 2 rings (SSSR count). The van der Waals surface area contributed by atoms with E-state index < -0.39 is 0 Å². The predicted molar refractivity (Wildman–Crippen MR) is 60.7 cm³/mol. The van der Waals surface area contributed by atoms with Gasteiger partial charge in [-0.15, -0.1) is 11.3 Å². The number of benzene rings is 1. The van der Waals surface area contributed by atoms with Gasteiger partial charge in [-0.05, 0) is 22.6 Å². The summed E-state index contributed by atoms with van der Waals surface area (Å²) in [5, 5.41) is 11.1. The summed E-state index contributed by atoms with van der Waals surface area (Å²) in [5.74, 6) is 0. The number of aliphatic hydroxyl groups excluding tert-OH is 1. The smallest absolute Gasteiger partial charge is 0.101 e. The van der Waals surface area contributed by atoms with Crippen molar-refractivity contribution in [1.82, 2.24) is 0 Å². The third-order valence-corrected chi connectivity index (χ3v) is 3.27. The van der Waals surface area contributed by atoms with E-state index in [0.29, 0.717) is 0 Å². The van der Waals surface area contributed by atoms with Crippen LogP contribution in [0.15, 0.2) is 35.7 Å². The molecule has 0 atom stereocenters. The van der Waals surface area contributed by atoms with Gasteiger partial charge in [-0.3, -0.25) is 0 Å². The first-order valence-electron chi connectivity index (χ1n) is 4.25. The molecule has 0 radical (unpaired) electrons. The fourth-order valence-electron chi connectivity index (χ4n) is 1.41. The van der Waals surface area contributed by atoms with Crippen LogP contribution in [0.25, 0.3) is 11.1 Å². The summed E-state index contributed by atoms with van der Waals surface area (Å²) in [6.45, 7) is 0.0440. The van der Waals surface area contributed by atoms with E-state index >= 15 is 0 Å². The van der Waals surface area contributed by atoms with E-state index in [0.717, 1.165) is 21.0 Å². The lowest BCUT2D eigenvalue weighted by atomic mass is 10.0. The van der Waals surface area contributed by atoms with Crippen LogP contribution in [0.5, 0.6) is 0 Å². The van der Waals surface area contributed by atoms with Gasteiger partial charge in [0.05, 0.1) is 6.61 Å². The number of rotatable bonds is 2. The molecule has 0 spiro atoms. The Labute approximate surface area is 91.6 Å². The molecule has 1 heterocycles. The van der Waals surface area contributed by atoms with Crippen molar-refractivity contribution in [2.24, 2.45) is 0 Å². The Morgan fingerprint density at radius 2 is 1.93 bits per heavy atom. The molecule has 14 heavy (non-hydrogen) atoms. The maximum absolute atomic E-state index is 9.17. The molecule has 0 aliphatic rings. The molecule has 2 aromatic rings. The van der Waals surface area contributed by atoms with Crippen LogP contribution in [-0.2, 0) is 6.61 Å². The SMILES string of the molecule is OCc1ccccc1-c1ccsc1Cl. The molecule has 0 bridgehead atoms. The van der Waals surface area contributed by atoms with Crippen molar-refractivity contribution in [3.8, 4) is 11.1 Å². The first kappa shape index (κ1) is 9.71. The average molecular weight is 225 g/mol. The lowest BCUT2D eigenvalue weighted by Crippen LogP contribution is -1.87. The highest BCUT2D eigenvalue weighted by atomic mass is 35.5. The normalized spacial score (nSPS) is 10.4. The molecule has 0 aliphatic carbocycles. The topological polar surface area (TPSA) is 20.2 Å². The quantitative estimate of drug-likeness (QED) is 0.827. The van der Waals surface area contributed by atoms with Gasteiger partial charge in [-0.1, -0.05) is 35.9 Å². The monoisotopic (exact) mass is 224 g/mol. The fourth-order valence-corrected chi connectivity index (χ4v) is 2.36. The zero-order valence-electron chi connectivity index (χ0n) is 7.40. The van der Waals surface area contributed by atoms with Crippen LogP contribution >= 0.6 is 22.9 Å². The Morgan fingerprint density at radius 3 is 2.57 bits per heavy atom.